The quantitative estimate of drug-likeness (QED) is 0.447. The SMILES string of the molecule is O=C(O)c1cc(-c2ccc(C=NN3C(=O)[C@@H]4[C@H]5C=C[C@@H]([C@@H]6C[C@H]56)[C@@H]4C3=O)o2)ccc1Cl. The minimum absolute atomic E-state index is 0.0251. The lowest BCUT2D eigenvalue weighted by molar-refractivity contribution is -0.140. The van der Waals surface area contributed by atoms with Crippen molar-refractivity contribution in [2.24, 2.45) is 40.6 Å². The molecule has 1 N–H and O–H groups in total. The van der Waals surface area contributed by atoms with E-state index in [0.717, 1.165) is 11.4 Å². The zero-order valence-electron chi connectivity index (χ0n) is 16.1. The van der Waals surface area contributed by atoms with Crippen LogP contribution in [0.15, 0.2) is 52.0 Å². The Labute approximate surface area is 182 Å². The maximum Gasteiger partial charge on any atom is 0.337 e. The summed E-state index contributed by atoms with van der Waals surface area (Å²) in [5.41, 5.74) is 0.519. The molecule has 1 saturated heterocycles. The number of aromatic carboxylic acids is 1. The van der Waals surface area contributed by atoms with Gasteiger partial charge < -0.3 is 9.52 Å². The molecular formula is C23H17ClN2O5. The van der Waals surface area contributed by atoms with Gasteiger partial charge in [-0.2, -0.15) is 10.1 Å². The summed E-state index contributed by atoms with van der Waals surface area (Å²) in [4.78, 5) is 37.2. The monoisotopic (exact) mass is 436 g/mol. The van der Waals surface area contributed by atoms with Crippen molar-refractivity contribution in [3.05, 3.63) is 58.8 Å². The van der Waals surface area contributed by atoms with Gasteiger partial charge in [-0.3, -0.25) is 9.59 Å². The number of carboxylic acids is 1. The van der Waals surface area contributed by atoms with E-state index in [0.29, 0.717) is 28.9 Å². The minimum atomic E-state index is -1.13. The first-order valence-electron chi connectivity index (χ1n) is 10.2. The molecule has 2 saturated carbocycles. The number of rotatable bonds is 4. The number of benzene rings is 1. The summed E-state index contributed by atoms with van der Waals surface area (Å²) in [5, 5.41) is 14.5. The molecule has 31 heavy (non-hydrogen) atoms. The van der Waals surface area contributed by atoms with Crippen molar-refractivity contribution in [2.45, 2.75) is 6.42 Å². The molecule has 3 fully saturated rings. The molecule has 7 nitrogen and oxygen atoms in total. The first-order chi connectivity index (χ1) is 14.9. The van der Waals surface area contributed by atoms with Crippen molar-refractivity contribution in [1.82, 2.24) is 5.01 Å². The van der Waals surface area contributed by atoms with E-state index in [1.54, 1.807) is 18.2 Å². The fourth-order valence-electron chi connectivity index (χ4n) is 5.59. The van der Waals surface area contributed by atoms with Crippen molar-refractivity contribution in [3.63, 3.8) is 0 Å². The molecule has 2 heterocycles. The van der Waals surface area contributed by atoms with Crippen LogP contribution < -0.4 is 0 Å². The van der Waals surface area contributed by atoms with Gasteiger partial charge >= 0.3 is 5.97 Å². The summed E-state index contributed by atoms with van der Waals surface area (Å²) >= 11 is 5.92. The van der Waals surface area contributed by atoms with Crippen molar-refractivity contribution >= 4 is 35.6 Å². The van der Waals surface area contributed by atoms with Gasteiger partial charge in [0.05, 0.1) is 28.6 Å². The number of amides is 2. The molecule has 2 aromatic rings. The molecule has 6 atom stereocenters. The molecule has 1 aromatic carbocycles. The lowest BCUT2D eigenvalue weighted by Crippen LogP contribution is -2.40. The molecule has 2 bridgehead atoms. The molecule has 2 amide bonds. The molecule has 4 aliphatic carbocycles. The normalized spacial score (nSPS) is 32.6. The Morgan fingerprint density at radius 1 is 1.10 bits per heavy atom. The van der Waals surface area contributed by atoms with Gasteiger partial charge in [0, 0.05) is 5.56 Å². The Morgan fingerprint density at radius 2 is 1.77 bits per heavy atom. The Hall–Kier alpha value is -3.19. The molecule has 0 unspecified atom stereocenters. The molecular weight excluding hydrogens is 420 g/mol. The topological polar surface area (TPSA) is 100 Å². The van der Waals surface area contributed by atoms with Gasteiger partial charge in [0.15, 0.2) is 0 Å². The summed E-state index contributed by atoms with van der Waals surface area (Å²) in [6, 6.07) is 7.89. The number of hydrogen-bond acceptors (Lipinski definition) is 5. The van der Waals surface area contributed by atoms with Crippen molar-refractivity contribution in [2.75, 3.05) is 0 Å². The number of carbonyl (C=O) groups excluding carboxylic acids is 2. The molecule has 0 radical (unpaired) electrons. The predicted molar refractivity (Wildman–Crippen MR) is 110 cm³/mol. The van der Waals surface area contributed by atoms with Crippen LogP contribution >= 0.6 is 11.6 Å². The third-order valence-electron chi connectivity index (χ3n) is 7.05. The smallest absolute Gasteiger partial charge is 0.337 e. The summed E-state index contributed by atoms with van der Waals surface area (Å²) < 4.78 is 5.73. The van der Waals surface area contributed by atoms with E-state index in [4.69, 9.17) is 16.0 Å². The summed E-state index contributed by atoms with van der Waals surface area (Å²) in [6.07, 6.45) is 6.70. The minimum Gasteiger partial charge on any atom is -0.478 e. The first-order valence-corrected chi connectivity index (χ1v) is 10.5. The third-order valence-corrected chi connectivity index (χ3v) is 7.38. The molecule has 1 aliphatic heterocycles. The van der Waals surface area contributed by atoms with E-state index in [-0.39, 0.29) is 46.1 Å². The number of halogens is 1. The molecule has 156 valence electrons. The Kier molecular flexibility index (Phi) is 3.84. The summed E-state index contributed by atoms with van der Waals surface area (Å²) in [7, 11) is 0. The largest absolute Gasteiger partial charge is 0.478 e. The van der Waals surface area contributed by atoms with Crippen LogP contribution in [-0.4, -0.2) is 34.1 Å². The van der Waals surface area contributed by atoms with Crippen molar-refractivity contribution < 1.29 is 23.9 Å². The average molecular weight is 437 g/mol. The van der Waals surface area contributed by atoms with Crippen LogP contribution in [0.25, 0.3) is 11.3 Å². The number of hydrogen-bond donors (Lipinski definition) is 1. The molecule has 1 aromatic heterocycles. The van der Waals surface area contributed by atoms with Crippen molar-refractivity contribution in [3.8, 4) is 11.3 Å². The molecule has 7 rings (SSSR count). The maximum atomic E-state index is 12.9. The highest BCUT2D eigenvalue weighted by Gasteiger charge is 2.67. The number of imide groups is 1. The maximum absolute atomic E-state index is 12.9. The van der Waals surface area contributed by atoms with E-state index in [2.05, 4.69) is 17.3 Å². The van der Waals surface area contributed by atoms with E-state index >= 15 is 0 Å². The Balaban J connectivity index is 1.24. The highest BCUT2D eigenvalue weighted by atomic mass is 35.5. The van der Waals surface area contributed by atoms with Crippen LogP contribution in [-0.2, 0) is 9.59 Å². The van der Waals surface area contributed by atoms with Gasteiger partial charge in [0.1, 0.15) is 11.5 Å². The zero-order chi connectivity index (χ0) is 21.4. The van der Waals surface area contributed by atoms with Gasteiger partial charge in [0.25, 0.3) is 11.8 Å². The van der Waals surface area contributed by atoms with E-state index in [9.17, 15) is 19.5 Å². The number of nitrogens with zero attached hydrogens (tertiary/aromatic N) is 2. The standard InChI is InChI=1S/C23H17ClN2O5/c24-17-5-1-10(7-16(17)23(29)30)18-6-2-11(31-18)9-25-26-21(27)19-12-3-4-13(15-8-14(12)15)20(19)22(26)28/h1-7,9,12-15,19-20H,8H2,(H,29,30)/t12-,13-,14-,15+,19-,20+/m0/s1. The van der Waals surface area contributed by atoms with Gasteiger partial charge in [0.2, 0.25) is 0 Å². The fourth-order valence-corrected chi connectivity index (χ4v) is 5.79. The van der Waals surface area contributed by atoms with Crippen LogP contribution in [0, 0.1) is 35.5 Å². The second-order valence-corrected chi connectivity index (χ2v) is 9.00. The number of furan rings is 1. The van der Waals surface area contributed by atoms with Crippen LogP contribution in [0.5, 0.6) is 0 Å². The van der Waals surface area contributed by atoms with Gasteiger partial charge in [-0.05, 0) is 60.4 Å². The van der Waals surface area contributed by atoms with Gasteiger partial charge in [-0.1, -0.05) is 23.8 Å². The summed E-state index contributed by atoms with van der Waals surface area (Å²) in [5.74, 6) is -0.0124. The Morgan fingerprint density at radius 3 is 2.42 bits per heavy atom. The highest BCUT2D eigenvalue weighted by molar-refractivity contribution is 6.33. The lowest BCUT2D eigenvalue weighted by Gasteiger charge is -2.37. The zero-order valence-corrected chi connectivity index (χ0v) is 16.9. The van der Waals surface area contributed by atoms with Crippen LogP contribution in [0.1, 0.15) is 22.5 Å². The second-order valence-electron chi connectivity index (χ2n) is 8.59. The highest BCUT2D eigenvalue weighted by Crippen LogP contribution is 2.65. The fraction of sp³-hybridized carbons (Fsp3) is 0.304. The van der Waals surface area contributed by atoms with E-state index in [1.165, 1.54) is 18.3 Å². The van der Waals surface area contributed by atoms with E-state index < -0.39 is 5.97 Å². The van der Waals surface area contributed by atoms with Crippen LogP contribution in [0.4, 0.5) is 0 Å². The van der Waals surface area contributed by atoms with Gasteiger partial charge in [-0.15, -0.1) is 0 Å². The number of hydrazone groups is 1. The van der Waals surface area contributed by atoms with Crippen LogP contribution in [0.3, 0.4) is 0 Å². The number of carbonyl (C=O) groups is 3. The molecule has 0 spiro atoms. The average Bonchev–Trinajstić information content (AvgIpc) is 3.39. The second kappa shape index (κ2) is 6.40. The molecule has 5 aliphatic rings. The number of carboxylic acid groups (broad SMARTS) is 1. The van der Waals surface area contributed by atoms with E-state index in [1.807, 2.05) is 0 Å². The third kappa shape index (κ3) is 2.66. The summed E-state index contributed by atoms with van der Waals surface area (Å²) in [6.45, 7) is 0. The van der Waals surface area contributed by atoms with Crippen LogP contribution in [0.2, 0.25) is 5.02 Å². The lowest BCUT2D eigenvalue weighted by atomic mass is 9.63. The first kappa shape index (κ1) is 18.6. The number of allylic oxidation sites excluding steroid dienone is 2. The van der Waals surface area contributed by atoms with Crippen molar-refractivity contribution in [1.29, 1.82) is 0 Å². The molecule has 8 heteroatoms. The van der Waals surface area contributed by atoms with Gasteiger partial charge in [-0.25, -0.2) is 4.79 Å². The Bertz CT molecular complexity index is 1180. The predicted octanol–water partition coefficient (Wildman–Crippen LogP) is 3.69.